The molecule has 0 saturated carbocycles. The highest BCUT2D eigenvalue weighted by atomic mass is 79.9. The molecular weight excluding hydrogens is 282 g/mol. The van der Waals surface area contributed by atoms with Crippen LogP contribution in [0.2, 0.25) is 0 Å². The van der Waals surface area contributed by atoms with Crippen LogP contribution in [-0.4, -0.2) is 16.6 Å². The van der Waals surface area contributed by atoms with Gasteiger partial charge in [-0.15, -0.1) is 0 Å². The Morgan fingerprint density at radius 1 is 1.29 bits per heavy atom. The van der Waals surface area contributed by atoms with E-state index in [2.05, 4.69) is 25.9 Å². The summed E-state index contributed by atoms with van der Waals surface area (Å²) in [6.07, 6.45) is 2.29. The van der Waals surface area contributed by atoms with Crippen LogP contribution in [0.1, 0.15) is 5.82 Å². The molecule has 17 heavy (non-hydrogen) atoms. The van der Waals surface area contributed by atoms with Gasteiger partial charge in [-0.05, 0) is 24.3 Å². The standard InChI is InChI=1S/C12H12BrN3O/c13-9-2-1-3-10(8-9)17-7-5-12-15-6-4-11(14)16-12/h1-4,6,8H,5,7H2,(H2,14,15,16). The van der Waals surface area contributed by atoms with E-state index in [0.29, 0.717) is 24.7 Å². The summed E-state index contributed by atoms with van der Waals surface area (Å²) in [5.74, 6) is 2.00. The van der Waals surface area contributed by atoms with Crippen LogP contribution in [0, 0.1) is 0 Å². The van der Waals surface area contributed by atoms with Crippen molar-refractivity contribution >= 4 is 21.7 Å². The van der Waals surface area contributed by atoms with Crippen molar-refractivity contribution in [2.45, 2.75) is 6.42 Å². The lowest BCUT2D eigenvalue weighted by molar-refractivity contribution is 0.319. The maximum absolute atomic E-state index is 5.58. The second kappa shape index (κ2) is 5.63. The molecule has 0 fully saturated rings. The molecule has 88 valence electrons. The molecule has 0 aliphatic rings. The van der Waals surface area contributed by atoms with Crippen LogP contribution in [0.5, 0.6) is 5.75 Å². The molecule has 2 rings (SSSR count). The van der Waals surface area contributed by atoms with Crippen molar-refractivity contribution in [3.05, 3.63) is 46.8 Å². The first kappa shape index (κ1) is 11.9. The van der Waals surface area contributed by atoms with Crippen molar-refractivity contribution in [1.29, 1.82) is 0 Å². The van der Waals surface area contributed by atoms with Gasteiger partial charge in [-0.1, -0.05) is 22.0 Å². The Bertz CT molecular complexity index is 459. The molecule has 0 aliphatic carbocycles. The van der Waals surface area contributed by atoms with Crippen molar-refractivity contribution in [2.75, 3.05) is 12.3 Å². The lowest BCUT2D eigenvalue weighted by Crippen LogP contribution is -2.06. The molecule has 1 heterocycles. The number of aromatic nitrogens is 2. The van der Waals surface area contributed by atoms with E-state index < -0.39 is 0 Å². The molecule has 0 radical (unpaired) electrons. The Balaban J connectivity index is 1.87. The van der Waals surface area contributed by atoms with Gasteiger partial charge in [-0.2, -0.15) is 0 Å². The predicted octanol–water partition coefficient (Wildman–Crippen LogP) is 2.44. The van der Waals surface area contributed by atoms with Crippen LogP contribution in [0.15, 0.2) is 41.0 Å². The van der Waals surface area contributed by atoms with Crippen molar-refractivity contribution in [3.63, 3.8) is 0 Å². The van der Waals surface area contributed by atoms with Gasteiger partial charge in [-0.3, -0.25) is 0 Å². The van der Waals surface area contributed by atoms with E-state index in [-0.39, 0.29) is 0 Å². The van der Waals surface area contributed by atoms with Gasteiger partial charge in [0, 0.05) is 17.1 Å². The lowest BCUT2D eigenvalue weighted by atomic mass is 10.3. The number of rotatable bonds is 4. The van der Waals surface area contributed by atoms with E-state index in [1.807, 2.05) is 24.3 Å². The minimum atomic E-state index is 0.484. The molecular formula is C12H12BrN3O. The summed E-state index contributed by atoms with van der Waals surface area (Å²) < 4.78 is 6.58. The Kier molecular flexibility index (Phi) is 3.93. The van der Waals surface area contributed by atoms with Gasteiger partial charge >= 0.3 is 0 Å². The summed E-state index contributed by atoms with van der Waals surface area (Å²) in [6, 6.07) is 9.37. The number of hydrogen-bond acceptors (Lipinski definition) is 4. The number of halogens is 1. The van der Waals surface area contributed by atoms with Gasteiger partial charge in [0.2, 0.25) is 0 Å². The zero-order valence-corrected chi connectivity index (χ0v) is 10.7. The van der Waals surface area contributed by atoms with Crippen LogP contribution in [-0.2, 0) is 6.42 Å². The van der Waals surface area contributed by atoms with Crippen molar-refractivity contribution in [3.8, 4) is 5.75 Å². The number of ether oxygens (including phenoxy) is 1. The maximum atomic E-state index is 5.58. The first-order chi connectivity index (χ1) is 8.24. The molecule has 4 nitrogen and oxygen atoms in total. The highest BCUT2D eigenvalue weighted by Crippen LogP contribution is 2.17. The predicted molar refractivity (Wildman–Crippen MR) is 69.8 cm³/mol. The van der Waals surface area contributed by atoms with E-state index in [1.54, 1.807) is 12.3 Å². The largest absolute Gasteiger partial charge is 0.493 e. The maximum Gasteiger partial charge on any atom is 0.134 e. The Morgan fingerprint density at radius 3 is 2.94 bits per heavy atom. The smallest absolute Gasteiger partial charge is 0.134 e. The molecule has 1 aromatic heterocycles. The van der Waals surface area contributed by atoms with Gasteiger partial charge in [0.15, 0.2) is 0 Å². The molecule has 0 spiro atoms. The summed E-state index contributed by atoms with van der Waals surface area (Å²) >= 11 is 3.39. The normalized spacial score (nSPS) is 10.2. The topological polar surface area (TPSA) is 61.0 Å². The highest BCUT2D eigenvalue weighted by molar-refractivity contribution is 9.10. The fourth-order valence-electron chi connectivity index (χ4n) is 1.35. The molecule has 0 saturated heterocycles. The molecule has 2 aromatic rings. The third-order valence-electron chi connectivity index (χ3n) is 2.12. The SMILES string of the molecule is Nc1ccnc(CCOc2cccc(Br)c2)n1. The molecule has 0 aliphatic heterocycles. The lowest BCUT2D eigenvalue weighted by Gasteiger charge is -2.05. The third kappa shape index (κ3) is 3.71. The first-order valence-electron chi connectivity index (χ1n) is 5.20. The van der Waals surface area contributed by atoms with Crippen LogP contribution < -0.4 is 10.5 Å². The minimum absolute atomic E-state index is 0.484. The van der Waals surface area contributed by atoms with Crippen molar-refractivity contribution in [1.82, 2.24) is 9.97 Å². The average molecular weight is 294 g/mol. The van der Waals surface area contributed by atoms with Gasteiger partial charge in [0.05, 0.1) is 6.61 Å². The minimum Gasteiger partial charge on any atom is -0.493 e. The second-order valence-electron chi connectivity index (χ2n) is 3.45. The van der Waals surface area contributed by atoms with Gasteiger partial charge in [-0.25, -0.2) is 9.97 Å². The summed E-state index contributed by atoms with van der Waals surface area (Å²) in [7, 11) is 0. The van der Waals surface area contributed by atoms with Crippen LogP contribution in [0.3, 0.4) is 0 Å². The number of anilines is 1. The highest BCUT2D eigenvalue weighted by Gasteiger charge is 1.99. The summed E-state index contributed by atoms with van der Waals surface area (Å²) in [5.41, 5.74) is 5.56. The third-order valence-corrected chi connectivity index (χ3v) is 2.61. The van der Waals surface area contributed by atoms with Crippen molar-refractivity contribution < 1.29 is 4.74 Å². The summed E-state index contributed by atoms with van der Waals surface area (Å²) in [6.45, 7) is 0.528. The molecule has 0 bridgehead atoms. The first-order valence-corrected chi connectivity index (χ1v) is 5.99. The van der Waals surface area contributed by atoms with Gasteiger partial charge in [0.25, 0.3) is 0 Å². The number of nitrogens with zero attached hydrogens (tertiary/aromatic N) is 2. The van der Waals surface area contributed by atoms with Crippen molar-refractivity contribution in [2.24, 2.45) is 0 Å². The fraction of sp³-hybridized carbons (Fsp3) is 0.167. The average Bonchev–Trinajstić information content (AvgIpc) is 2.29. The second-order valence-corrected chi connectivity index (χ2v) is 4.37. The number of nitrogens with two attached hydrogens (primary N) is 1. The monoisotopic (exact) mass is 293 g/mol. The fourth-order valence-corrected chi connectivity index (χ4v) is 1.73. The number of nitrogen functional groups attached to an aromatic ring is 1. The quantitative estimate of drug-likeness (QED) is 0.941. The van der Waals surface area contributed by atoms with Gasteiger partial charge < -0.3 is 10.5 Å². The number of hydrogen-bond donors (Lipinski definition) is 1. The Labute approximate surface area is 108 Å². The molecule has 1 aromatic carbocycles. The van der Waals surface area contributed by atoms with E-state index in [4.69, 9.17) is 10.5 Å². The zero-order valence-electron chi connectivity index (χ0n) is 9.14. The summed E-state index contributed by atoms with van der Waals surface area (Å²) in [4.78, 5) is 8.21. The zero-order chi connectivity index (χ0) is 12.1. The van der Waals surface area contributed by atoms with E-state index >= 15 is 0 Å². The Morgan fingerprint density at radius 2 is 2.18 bits per heavy atom. The molecule has 2 N–H and O–H groups in total. The van der Waals surface area contributed by atoms with E-state index in [9.17, 15) is 0 Å². The molecule has 0 unspecified atom stereocenters. The molecule has 0 amide bonds. The Hall–Kier alpha value is -1.62. The van der Waals surface area contributed by atoms with Crippen LogP contribution >= 0.6 is 15.9 Å². The molecule has 0 atom stereocenters. The number of benzene rings is 1. The van der Waals surface area contributed by atoms with Gasteiger partial charge in [0.1, 0.15) is 17.4 Å². The van der Waals surface area contributed by atoms with E-state index in [1.165, 1.54) is 0 Å². The van der Waals surface area contributed by atoms with Crippen LogP contribution in [0.25, 0.3) is 0 Å². The van der Waals surface area contributed by atoms with Crippen LogP contribution in [0.4, 0.5) is 5.82 Å². The molecule has 5 heteroatoms. The van der Waals surface area contributed by atoms with E-state index in [0.717, 1.165) is 10.2 Å². The summed E-state index contributed by atoms with van der Waals surface area (Å²) in [5, 5.41) is 0.